The standard InChI is InChI=1S/C54H70OSi/c1-32-25-41-43(29-35-19-18-20-40(35)46(41)34-21-23-37(24-22-34)51(3,4)5)49(32)56(16,17)50-33(2)26-42-44(50)31-45(54(12,13)14)48(55-15)47(42)36-27-38(52(6,7)8)30-39(28-36)53(9,10)11/h21-31,49-50H,18-20H2,1-17H3. The van der Waals surface area contributed by atoms with Gasteiger partial charge in [0.25, 0.3) is 0 Å². The van der Waals surface area contributed by atoms with Gasteiger partial charge in [0.1, 0.15) is 5.75 Å². The van der Waals surface area contributed by atoms with Gasteiger partial charge in [-0.3, -0.25) is 0 Å². The van der Waals surface area contributed by atoms with Crippen LogP contribution in [0.3, 0.4) is 0 Å². The number of allylic oxidation sites excluding steroid dienone is 2. The summed E-state index contributed by atoms with van der Waals surface area (Å²) in [4.78, 5) is 0. The lowest BCUT2D eigenvalue weighted by Crippen LogP contribution is -2.42. The molecule has 1 nitrogen and oxygen atoms in total. The fourth-order valence-electron chi connectivity index (χ4n) is 10.7. The molecule has 0 spiro atoms. The van der Waals surface area contributed by atoms with Crippen LogP contribution in [0.25, 0.3) is 34.4 Å². The molecule has 0 aliphatic heterocycles. The Morgan fingerprint density at radius 3 is 1.54 bits per heavy atom. The van der Waals surface area contributed by atoms with Crippen LogP contribution in [0.15, 0.2) is 65.7 Å². The van der Waals surface area contributed by atoms with Crippen molar-refractivity contribution in [1.29, 1.82) is 0 Å². The van der Waals surface area contributed by atoms with Crippen molar-refractivity contribution in [2.75, 3.05) is 7.11 Å². The summed E-state index contributed by atoms with van der Waals surface area (Å²) in [6, 6.07) is 22.2. The van der Waals surface area contributed by atoms with Crippen molar-refractivity contribution >= 4 is 20.2 Å². The highest BCUT2D eigenvalue weighted by molar-refractivity contribution is 6.81. The Balaban J connectivity index is 1.44. The first-order valence-electron chi connectivity index (χ1n) is 21.4. The second kappa shape index (κ2) is 13.5. The second-order valence-electron chi connectivity index (χ2n) is 22.4. The maximum atomic E-state index is 6.55. The highest BCUT2D eigenvalue weighted by atomic mass is 28.3. The largest absolute Gasteiger partial charge is 0.496 e. The molecule has 4 aromatic carbocycles. The number of hydrogen-bond acceptors (Lipinski definition) is 1. The Bertz CT molecular complexity index is 2250. The monoisotopic (exact) mass is 763 g/mol. The Hall–Kier alpha value is -3.62. The van der Waals surface area contributed by atoms with Gasteiger partial charge in [-0.1, -0.05) is 174 Å². The van der Waals surface area contributed by atoms with Crippen LogP contribution in [0.5, 0.6) is 5.75 Å². The van der Waals surface area contributed by atoms with E-state index in [0.29, 0.717) is 11.1 Å². The van der Waals surface area contributed by atoms with Gasteiger partial charge in [0, 0.05) is 22.2 Å². The minimum Gasteiger partial charge on any atom is -0.496 e. The van der Waals surface area contributed by atoms with Crippen molar-refractivity contribution in [1.82, 2.24) is 0 Å². The van der Waals surface area contributed by atoms with Crippen LogP contribution < -0.4 is 4.74 Å². The van der Waals surface area contributed by atoms with E-state index in [2.05, 4.69) is 177 Å². The first-order chi connectivity index (χ1) is 25.8. The van der Waals surface area contributed by atoms with Gasteiger partial charge in [0.15, 0.2) is 0 Å². The molecule has 0 amide bonds. The van der Waals surface area contributed by atoms with Gasteiger partial charge in [-0.25, -0.2) is 0 Å². The molecule has 2 heteroatoms. The molecule has 4 aromatic rings. The fourth-order valence-corrected chi connectivity index (χ4v) is 15.6. The predicted molar refractivity (Wildman–Crippen MR) is 247 cm³/mol. The maximum absolute atomic E-state index is 6.55. The van der Waals surface area contributed by atoms with Gasteiger partial charge in [0.2, 0.25) is 0 Å². The summed E-state index contributed by atoms with van der Waals surface area (Å²) >= 11 is 0. The average Bonchev–Trinajstić information content (AvgIpc) is 3.78. The minimum atomic E-state index is -2.15. The number of methoxy groups -OCH3 is 1. The summed E-state index contributed by atoms with van der Waals surface area (Å²) in [5.41, 5.74) is 24.0. The quantitative estimate of drug-likeness (QED) is 0.184. The molecule has 2 atom stereocenters. The summed E-state index contributed by atoms with van der Waals surface area (Å²) in [6.45, 7) is 38.4. The van der Waals surface area contributed by atoms with Crippen LogP contribution in [0.4, 0.5) is 0 Å². The van der Waals surface area contributed by atoms with Crippen LogP contribution in [-0.4, -0.2) is 15.2 Å². The third-order valence-corrected chi connectivity index (χ3v) is 18.1. The number of rotatable bonds is 5. The topological polar surface area (TPSA) is 9.23 Å². The van der Waals surface area contributed by atoms with Gasteiger partial charge < -0.3 is 4.74 Å². The van der Waals surface area contributed by atoms with E-state index >= 15 is 0 Å². The summed E-state index contributed by atoms with van der Waals surface area (Å²) in [6.07, 6.45) is 8.78. The molecule has 0 N–H and O–H groups in total. The van der Waals surface area contributed by atoms with E-state index in [1.807, 2.05) is 7.11 Å². The number of benzene rings is 4. The number of ether oxygens (including phenoxy) is 1. The molecule has 0 saturated carbocycles. The zero-order chi connectivity index (χ0) is 41.1. The normalized spacial score (nSPS) is 18.4. The van der Waals surface area contributed by atoms with E-state index in [1.165, 1.54) is 86.0 Å². The van der Waals surface area contributed by atoms with Crippen LogP contribution in [0.1, 0.15) is 170 Å². The van der Waals surface area contributed by atoms with E-state index in [1.54, 1.807) is 22.3 Å². The van der Waals surface area contributed by atoms with Crippen LogP contribution in [-0.2, 0) is 34.5 Å². The van der Waals surface area contributed by atoms with E-state index in [4.69, 9.17) is 4.74 Å². The van der Waals surface area contributed by atoms with E-state index in [-0.39, 0.29) is 21.7 Å². The van der Waals surface area contributed by atoms with Crippen LogP contribution in [0, 0.1) is 0 Å². The Morgan fingerprint density at radius 2 is 1.05 bits per heavy atom. The molecule has 56 heavy (non-hydrogen) atoms. The van der Waals surface area contributed by atoms with Gasteiger partial charge in [0.05, 0.1) is 15.2 Å². The van der Waals surface area contributed by atoms with Crippen molar-refractivity contribution in [3.8, 4) is 28.0 Å². The molecule has 0 bridgehead atoms. The number of aryl methyl sites for hydroxylation is 1. The van der Waals surface area contributed by atoms with Gasteiger partial charge in [-0.15, -0.1) is 0 Å². The Morgan fingerprint density at radius 1 is 0.554 bits per heavy atom. The zero-order valence-electron chi connectivity index (χ0n) is 38.0. The summed E-state index contributed by atoms with van der Waals surface area (Å²) < 4.78 is 6.55. The molecular formula is C54H70OSi. The highest BCUT2D eigenvalue weighted by Crippen LogP contribution is 2.58. The van der Waals surface area contributed by atoms with Crippen LogP contribution >= 0.6 is 0 Å². The molecule has 7 rings (SSSR count). The fraction of sp³-hybridized carbons (Fsp3) is 0.481. The predicted octanol–water partition coefficient (Wildman–Crippen LogP) is 15.2. The molecule has 0 heterocycles. The Kier molecular flexibility index (Phi) is 9.76. The summed E-state index contributed by atoms with van der Waals surface area (Å²) in [7, 11) is -0.263. The highest BCUT2D eigenvalue weighted by Gasteiger charge is 2.49. The van der Waals surface area contributed by atoms with Crippen molar-refractivity contribution < 1.29 is 4.74 Å². The van der Waals surface area contributed by atoms with Crippen molar-refractivity contribution in [3.05, 3.63) is 121 Å². The first kappa shape index (κ1) is 40.6. The summed E-state index contributed by atoms with van der Waals surface area (Å²) in [5.74, 6) is 1.03. The van der Waals surface area contributed by atoms with E-state index in [9.17, 15) is 0 Å². The SMILES string of the molecule is COc1c(C(C)(C)C)cc2c(c1-c1cc(C(C)(C)C)cc(C(C)(C)C)c1)C=C(C)C2[Si](C)(C)C1C(C)=Cc2c1cc1c(c2-c2ccc(C(C)(C)C)cc2)CCC1. The molecule has 0 saturated heterocycles. The first-order valence-corrected chi connectivity index (χ1v) is 24.6. The number of hydrogen-bond donors (Lipinski definition) is 0. The lowest BCUT2D eigenvalue weighted by Gasteiger charge is -2.40. The smallest absolute Gasteiger partial charge is 0.131 e. The molecule has 296 valence electrons. The zero-order valence-corrected chi connectivity index (χ0v) is 39.0. The molecule has 0 radical (unpaired) electrons. The van der Waals surface area contributed by atoms with E-state index in [0.717, 1.165) is 5.75 Å². The van der Waals surface area contributed by atoms with Gasteiger partial charge in [-0.2, -0.15) is 0 Å². The van der Waals surface area contributed by atoms with Gasteiger partial charge in [-0.05, 0) is 122 Å². The third-order valence-electron chi connectivity index (χ3n) is 13.6. The molecule has 0 aromatic heterocycles. The minimum absolute atomic E-state index is 0.0185. The molecule has 3 aliphatic rings. The average molecular weight is 763 g/mol. The van der Waals surface area contributed by atoms with E-state index < -0.39 is 8.07 Å². The lowest BCUT2D eigenvalue weighted by atomic mass is 9.77. The third kappa shape index (κ3) is 6.80. The lowest BCUT2D eigenvalue weighted by molar-refractivity contribution is 0.399. The summed E-state index contributed by atoms with van der Waals surface area (Å²) in [5, 5.41) is 0. The molecule has 0 fully saturated rings. The number of fused-ring (bicyclic) bond motifs is 3. The Labute approximate surface area is 342 Å². The molecule has 2 unspecified atom stereocenters. The maximum Gasteiger partial charge on any atom is 0.131 e. The van der Waals surface area contributed by atoms with Crippen molar-refractivity contribution in [2.45, 2.75) is 162 Å². The van der Waals surface area contributed by atoms with Gasteiger partial charge >= 0.3 is 0 Å². The second-order valence-corrected chi connectivity index (χ2v) is 27.2. The van der Waals surface area contributed by atoms with Crippen molar-refractivity contribution in [2.24, 2.45) is 0 Å². The van der Waals surface area contributed by atoms with Crippen molar-refractivity contribution in [3.63, 3.8) is 0 Å². The van der Waals surface area contributed by atoms with Crippen LogP contribution in [0.2, 0.25) is 13.1 Å². The molecular weight excluding hydrogens is 693 g/mol. The molecule has 3 aliphatic carbocycles.